The number of benzene rings is 1. The van der Waals surface area contributed by atoms with Crippen molar-refractivity contribution in [3.63, 3.8) is 0 Å². The standard InChI is InChI=1S/C12H19N3/c1-10-5-7-11(8-6-10)4-2-3-9-15-12(13)14/h5-8H,2-4,9H2,1H3,(H4,13,14,15). The number of unbranched alkanes of at least 4 members (excludes halogenated alkanes) is 1. The molecule has 0 fully saturated rings. The molecule has 0 aliphatic carbocycles. The Kier molecular flexibility index (Phi) is 4.68. The van der Waals surface area contributed by atoms with E-state index >= 15 is 0 Å². The van der Waals surface area contributed by atoms with Crippen molar-refractivity contribution in [2.24, 2.45) is 16.5 Å². The summed E-state index contributed by atoms with van der Waals surface area (Å²) >= 11 is 0. The average Bonchev–Trinajstić information content (AvgIpc) is 2.20. The van der Waals surface area contributed by atoms with E-state index < -0.39 is 0 Å². The van der Waals surface area contributed by atoms with Gasteiger partial charge in [0.1, 0.15) is 0 Å². The van der Waals surface area contributed by atoms with Gasteiger partial charge < -0.3 is 11.5 Å². The lowest BCUT2D eigenvalue weighted by Gasteiger charge is -2.01. The first kappa shape index (κ1) is 11.6. The van der Waals surface area contributed by atoms with Crippen LogP contribution in [0.25, 0.3) is 0 Å². The quantitative estimate of drug-likeness (QED) is 0.435. The highest BCUT2D eigenvalue weighted by molar-refractivity contribution is 5.75. The fourth-order valence-electron chi connectivity index (χ4n) is 1.40. The van der Waals surface area contributed by atoms with Gasteiger partial charge in [-0.3, -0.25) is 4.99 Å². The predicted octanol–water partition coefficient (Wildman–Crippen LogP) is 1.59. The molecule has 82 valence electrons. The summed E-state index contributed by atoms with van der Waals surface area (Å²) in [7, 11) is 0. The van der Waals surface area contributed by atoms with E-state index in [-0.39, 0.29) is 5.96 Å². The lowest BCUT2D eigenvalue weighted by molar-refractivity contribution is 0.744. The van der Waals surface area contributed by atoms with Crippen LogP contribution in [0.5, 0.6) is 0 Å². The van der Waals surface area contributed by atoms with Crippen LogP contribution in [0.15, 0.2) is 29.3 Å². The summed E-state index contributed by atoms with van der Waals surface area (Å²) in [6.07, 6.45) is 3.26. The molecule has 4 N–H and O–H groups in total. The Bertz CT molecular complexity index is 310. The highest BCUT2D eigenvalue weighted by atomic mass is 15.0. The Balaban J connectivity index is 2.20. The summed E-state index contributed by atoms with van der Waals surface area (Å²) in [6.45, 7) is 2.83. The molecular weight excluding hydrogens is 186 g/mol. The van der Waals surface area contributed by atoms with E-state index in [1.165, 1.54) is 11.1 Å². The van der Waals surface area contributed by atoms with Crippen molar-refractivity contribution < 1.29 is 0 Å². The molecule has 0 unspecified atom stereocenters. The van der Waals surface area contributed by atoms with Crippen molar-refractivity contribution in [1.29, 1.82) is 0 Å². The fraction of sp³-hybridized carbons (Fsp3) is 0.417. The van der Waals surface area contributed by atoms with Crippen LogP contribution in [0.4, 0.5) is 0 Å². The van der Waals surface area contributed by atoms with Crippen molar-refractivity contribution in [3.05, 3.63) is 35.4 Å². The maximum Gasteiger partial charge on any atom is 0.185 e. The number of aliphatic imine (C=N–C) groups is 1. The summed E-state index contributed by atoms with van der Waals surface area (Å²) < 4.78 is 0. The molecule has 0 bridgehead atoms. The number of nitrogens with zero attached hydrogens (tertiary/aromatic N) is 1. The third-order valence-electron chi connectivity index (χ3n) is 2.29. The first-order valence-corrected chi connectivity index (χ1v) is 5.29. The Morgan fingerprint density at radius 2 is 1.80 bits per heavy atom. The Hall–Kier alpha value is -1.51. The number of guanidine groups is 1. The molecule has 0 aliphatic heterocycles. The van der Waals surface area contributed by atoms with Gasteiger partial charge in [0.05, 0.1) is 0 Å². The van der Waals surface area contributed by atoms with Gasteiger partial charge >= 0.3 is 0 Å². The monoisotopic (exact) mass is 205 g/mol. The zero-order chi connectivity index (χ0) is 11.1. The summed E-state index contributed by atoms with van der Waals surface area (Å²) in [4.78, 5) is 3.94. The van der Waals surface area contributed by atoms with Gasteiger partial charge in [-0.15, -0.1) is 0 Å². The van der Waals surface area contributed by atoms with Crippen molar-refractivity contribution in [2.75, 3.05) is 6.54 Å². The highest BCUT2D eigenvalue weighted by Crippen LogP contribution is 2.06. The smallest absolute Gasteiger partial charge is 0.185 e. The summed E-state index contributed by atoms with van der Waals surface area (Å²) in [5.41, 5.74) is 13.1. The predicted molar refractivity (Wildman–Crippen MR) is 64.8 cm³/mol. The van der Waals surface area contributed by atoms with Gasteiger partial charge in [0.2, 0.25) is 0 Å². The molecule has 0 spiro atoms. The SMILES string of the molecule is Cc1ccc(CCCCN=C(N)N)cc1. The second kappa shape index (κ2) is 6.06. The van der Waals surface area contributed by atoms with E-state index in [0.717, 1.165) is 25.8 Å². The fourth-order valence-corrected chi connectivity index (χ4v) is 1.40. The first-order valence-electron chi connectivity index (χ1n) is 5.29. The molecule has 3 heteroatoms. The second-order valence-electron chi connectivity index (χ2n) is 3.75. The van der Waals surface area contributed by atoms with E-state index in [9.17, 15) is 0 Å². The summed E-state index contributed by atoms with van der Waals surface area (Å²) in [5.74, 6) is 0.185. The molecule has 0 radical (unpaired) electrons. The van der Waals surface area contributed by atoms with Crippen molar-refractivity contribution in [3.8, 4) is 0 Å². The van der Waals surface area contributed by atoms with Crippen molar-refractivity contribution in [2.45, 2.75) is 26.2 Å². The van der Waals surface area contributed by atoms with Gasteiger partial charge in [0, 0.05) is 6.54 Å². The lowest BCUT2D eigenvalue weighted by Crippen LogP contribution is -2.22. The molecule has 0 saturated heterocycles. The Morgan fingerprint density at radius 1 is 1.13 bits per heavy atom. The average molecular weight is 205 g/mol. The van der Waals surface area contributed by atoms with Gasteiger partial charge in [-0.2, -0.15) is 0 Å². The van der Waals surface area contributed by atoms with Crippen LogP contribution < -0.4 is 11.5 Å². The van der Waals surface area contributed by atoms with E-state index in [1.807, 2.05) is 0 Å². The molecule has 0 aromatic heterocycles. The minimum atomic E-state index is 0.185. The van der Waals surface area contributed by atoms with E-state index in [2.05, 4.69) is 36.2 Å². The van der Waals surface area contributed by atoms with Gasteiger partial charge in [-0.25, -0.2) is 0 Å². The van der Waals surface area contributed by atoms with Gasteiger partial charge in [0.15, 0.2) is 5.96 Å². The molecule has 0 heterocycles. The number of hydrogen-bond donors (Lipinski definition) is 2. The van der Waals surface area contributed by atoms with Crippen LogP contribution in [-0.4, -0.2) is 12.5 Å². The topological polar surface area (TPSA) is 64.4 Å². The van der Waals surface area contributed by atoms with Crippen LogP contribution in [0.2, 0.25) is 0 Å². The number of rotatable bonds is 5. The first-order chi connectivity index (χ1) is 7.18. The Morgan fingerprint density at radius 3 is 2.40 bits per heavy atom. The van der Waals surface area contributed by atoms with Crippen molar-refractivity contribution >= 4 is 5.96 Å². The molecule has 3 nitrogen and oxygen atoms in total. The van der Waals surface area contributed by atoms with Crippen LogP contribution in [0.1, 0.15) is 24.0 Å². The largest absolute Gasteiger partial charge is 0.370 e. The normalized spacial score (nSPS) is 9.93. The minimum Gasteiger partial charge on any atom is -0.370 e. The molecule has 0 amide bonds. The number of nitrogens with two attached hydrogens (primary N) is 2. The maximum atomic E-state index is 5.23. The third kappa shape index (κ3) is 5.05. The van der Waals surface area contributed by atoms with Crippen LogP contribution in [-0.2, 0) is 6.42 Å². The van der Waals surface area contributed by atoms with Gasteiger partial charge in [-0.05, 0) is 31.7 Å². The maximum absolute atomic E-state index is 5.23. The molecule has 0 aliphatic rings. The van der Waals surface area contributed by atoms with Crippen LogP contribution in [0, 0.1) is 6.92 Å². The zero-order valence-electron chi connectivity index (χ0n) is 9.24. The minimum absolute atomic E-state index is 0.185. The van der Waals surface area contributed by atoms with Crippen molar-refractivity contribution in [1.82, 2.24) is 0 Å². The molecule has 0 atom stereocenters. The number of hydrogen-bond acceptors (Lipinski definition) is 1. The van der Waals surface area contributed by atoms with Gasteiger partial charge in [0.25, 0.3) is 0 Å². The zero-order valence-corrected chi connectivity index (χ0v) is 9.24. The number of aryl methyl sites for hydroxylation is 2. The van der Waals surface area contributed by atoms with Crippen LogP contribution in [0.3, 0.4) is 0 Å². The molecule has 0 saturated carbocycles. The summed E-state index contributed by atoms with van der Waals surface area (Å²) in [5, 5.41) is 0. The van der Waals surface area contributed by atoms with E-state index in [0.29, 0.717) is 0 Å². The van der Waals surface area contributed by atoms with Gasteiger partial charge in [-0.1, -0.05) is 29.8 Å². The Labute approximate surface area is 91.2 Å². The molecule has 1 aromatic rings. The molecule has 15 heavy (non-hydrogen) atoms. The molecule has 1 rings (SSSR count). The highest BCUT2D eigenvalue weighted by Gasteiger charge is 1.93. The second-order valence-corrected chi connectivity index (χ2v) is 3.75. The van der Waals surface area contributed by atoms with E-state index in [1.54, 1.807) is 0 Å². The van der Waals surface area contributed by atoms with Crippen LogP contribution >= 0.6 is 0 Å². The molecular formula is C12H19N3. The molecule has 1 aromatic carbocycles. The van der Waals surface area contributed by atoms with E-state index in [4.69, 9.17) is 11.5 Å². The third-order valence-corrected chi connectivity index (χ3v) is 2.29. The lowest BCUT2D eigenvalue weighted by atomic mass is 10.1. The summed E-state index contributed by atoms with van der Waals surface area (Å²) in [6, 6.07) is 8.64.